The predicted octanol–water partition coefficient (Wildman–Crippen LogP) is 3.40. The summed E-state index contributed by atoms with van der Waals surface area (Å²) in [6, 6.07) is 15.6. The van der Waals surface area contributed by atoms with Gasteiger partial charge in [-0.1, -0.05) is 35.9 Å². The maximum atomic E-state index is 9.85. The first-order valence-electron chi connectivity index (χ1n) is 6.30. The monoisotopic (exact) mass is 274 g/mol. The van der Waals surface area contributed by atoms with E-state index in [1.807, 2.05) is 49.4 Å². The maximum Gasteiger partial charge on any atom is 0.118 e. The lowest BCUT2D eigenvalue weighted by Crippen LogP contribution is -2.12. The molecule has 2 nitrogen and oxygen atoms in total. The summed E-state index contributed by atoms with van der Waals surface area (Å²) >= 11 is 1.64. The Balaban J connectivity index is 2.09. The molecule has 0 aliphatic rings. The van der Waals surface area contributed by atoms with E-state index in [4.69, 9.17) is 0 Å². The third kappa shape index (κ3) is 4.01. The van der Waals surface area contributed by atoms with Gasteiger partial charge in [0, 0.05) is 10.1 Å². The summed E-state index contributed by atoms with van der Waals surface area (Å²) in [5.41, 5.74) is 2.01. The fourth-order valence-electron chi connectivity index (χ4n) is 1.96. The van der Waals surface area contributed by atoms with Crippen LogP contribution in [-0.4, -0.2) is 22.1 Å². The van der Waals surface area contributed by atoms with Gasteiger partial charge in [-0.2, -0.15) is 0 Å². The fourth-order valence-corrected chi connectivity index (χ4v) is 2.99. The van der Waals surface area contributed by atoms with Gasteiger partial charge < -0.3 is 10.2 Å². The molecule has 100 valence electrons. The van der Waals surface area contributed by atoms with Crippen LogP contribution in [-0.2, 0) is 6.42 Å². The van der Waals surface area contributed by atoms with Crippen LogP contribution in [0.25, 0.3) is 0 Å². The van der Waals surface area contributed by atoms with Crippen molar-refractivity contribution in [3.05, 3.63) is 59.7 Å². The van der Waals surface area contributed by atoms with E-state index in [9.17, 15) is 10.2 Å². The number of benzene rings is 2. The number of aliphatic hydroxyl groups is 1. The molecule has 0 aliphatic heterocycles. The van der Waals surface area contributed by atoms with E-state index in [0.717, 1.165) is 16.0 Å². The van der Waals surface area contributed by atoms with Gasteiger partial charge in [0.25, 0.3) is 0 Å². The van der Waals surface area contributed by atoms with Crippen molar-refractivity contribution in [2.45, 2.75) is 23.5 Å². The van der Waals surface area contributed by atoms with Crippen LogP contribution in [0, 0.1) is 6.92 Å². The molecule has 0 bridgehead atoms. The predicted molar refractivity (Wildman–Crippen MR) is 79.7 cm³/mol. The Morgan fingerprint density at radius 3 is 2.53 bits per heavy atom. The zero-order valence-electron chi connectivity index (χ0n) is 10.9. The average molecular weight is 274 g/mol. The highest BCUT2D eigenvalue weighted by Crippen LogP contribution is 2.28. The molecule has 0 saturated carbocycles. The topological polar surface area (TPSA) is 40.5 Å². The summed E-state index contributed by atoms with van der Waals surface area (Å²) in [5, 5.41) is 19.4. The van der Waals surface area contributed by atoms with Crippen molar-refractivity contribution in [2.24, 2.45) is 0 Å². The summed E-state index contributed by atoms with van der Waals surface area (Å²) < 4.78 is 0. The van der Waals surface area contributed by atoms with Crippen LogP contribution in [0.5, 0.6) is 5.75 Å². The van der Waals surface area contributed by atoms with Crippen molar-refractivity contribution < 1.29 is 10.2 Å². The molecule has 2 rings (SSSR count). The third-order valence-electron chi connectivity index (χ3n) is 2.93. The number of hydrogen-bond donors (Lipinski definition) is 2. The van der Waals surface area contributed by atoms with Crippen LogP contribution in [0.2, 0.25) is 0 Å². The molecule has 0 aromatic heterocycles. The van der Waals surface area contributed by atoms with Gasteiger partial charge in [0.15, 0.2) is 0 Å². The molecule has 0 saturated heterocycles. The highest BCUT2D eigenvalue weighted by molar-refractivity contribution is 8.00. The lowest BCUT2D eigenvalue weighted by Gasteiger charge is -2.15. The summed E-state index contributed by atoms with van der Waals surface area (Å²) in [4.78, 5) is 1.13. The maximum absolute atomic E-state index is 9.85. The van der Waals surface area contributed by atoms with Crippen molar-refractivity contribution in [3.8, 4) is 5.75 Å². The number of hydrogen-bond acceptors (Lipinski definition) is 3. The Morgan fingerprint density at radius 1 is 1.11 bits per heavy atom. The number of aliphatic hydroxyl groups excluding tert-OH is 1. The molecule has 0 heterocycles. The minimum absolute atomic E-state index is 0.0510. The van der Waals surface area contributed by atoms with Gasteiger partial charge in [0.05, 0.1) is 6.61 Å². The van der Waals surface area contributed by atoms with E-state index in [0.29, 0.717) is 12.2 Å². The average Bonchev–Trinajstić information content (AvgIpc) is 2.43. The molecule has 19 heavy (non-hydrogen) atoms. The van der Waals surface area contributed by atoms with Crippen LogP contribution in [0.1, 0.15) is 11.1 Å². The fraction of sp³-hybridized carbons (Fsp3) is 0.250. The summed E-state index contributed by atoms with van der Waals surface area (Å²) in [6.07, 6.45) is 0.656. The number of aromatic hydroxyl groups is 1. The second-order valence-corrected chi connectivity index (χ2v) is 5.95. The van der Waals surface area contributed by atoms with Gasteiger partial charge >= 0.3 is 0 Å². The van der Waals surface area contributed by atoms with Crippen LogP contribution in [0.4, 0.5) is 0 Å². The lowest BCUT2D eigenvalue weighted by atomic mass is 10.1. The van der Waals surface area contributed by atoms with Crippen molar-refractivity contribution in [1.29, 1.82) is 0 Å². The molecule has 0 fully saturated rings. The first kappa shape index (κ1) is 14.0. The molecule has 0 radical (unpaired) electrons. The van der Waals surface area contributed by atoms with E-state index >= 15 is 0 Å². The molecule has 1 unspecified atom stereocenters. The minimum Gasteiger partial charge on any atom is -0.508 e. The smallest absolute Gasteiger partial charge is 0.118 e. The number of phenols is 1. The van der Waals surface area contributed by atoms with Gasteiger partial charge in [0.2, 0.25) is 0 Å². The van der Waals surface area contributed by atoms with Gasteiger partial charge in [-0.05, 0) is 37.1 Å². The van der Waals surface area contributed by atoms with Crippen LogP contribution >= 0.6 is 11.8 Å². The molecular formula is C16H18O2S. The Hall–Kier alpha value is -1.45. The second-order valence-electron chi connectivity index (χ2n) is 4.57. The first-order chi connectivity index (χ1) is 9.19. The third-order valence-corrected chi connectivity index (χ3v) is 4.13. The van der Waals surface area contributed by atoms with E-state index in [2.05, 4.69) is 0 Å². The zero-order valence-corrected chi connectivity index (χ0v) is 11.7. The highest BCUT2D eigenvalue weighted by Gasteiger charge is 2.13. The van der Waals surface area contributed by atoms with E-state index < -0.39 is 0 Å². The summed E-state index contributed by atoms with van der Waals surface area (Å²) in [6.45, 7) is 2.09. The number of thioether (sulfide) groups is 1. The minimum atomic E-state index is 0.0510. The van der Waals surface area contributed by atoms with E-state index in [-0.39, 0.29) is 11.9 Å². The first-order valence-corrected chi connectivity index (χ1v) is 7.18. The Labute approximate surface area is 118 Å². The van der Waals surface area contributed by atoms with Gasteiger partial charge in [-0.15, -0.1) is 11.8 Å². The van der Waals surface area contributed by atoms with Crippen molar-refractivity contribution in [2.75, 3.05) is 6.61 Å². The lowest BCUT2D eigenvalue weighted by molar-refractivity contribution is 0.293. The van der Waals surface area contributed by atoms with Gasteiger partial charge in [-0.25, -0.2) is 0 Å². The second kappa shape index (κ2) is 6.64. The molecule has 1 atom stereocenters. The Kier molecular flexibility index (Phi) is 4.88. The quantitative estimate of drug-likeness (QED) is 0.821. The Bertz CT molecular complexity index is 526. The highest BCUT2D eigenvalue weighted by atomic mass is 32.2. The van der Waals surface area contributed by atoms with Crippen LogP contribution in [0.3, 0.4) is 0 Å². The molecule has 2 aromatic rings. The summed E-state index contributed by atoms with van der Waals surface area (Å²) in [7, 11) is 0. The number of rotatable bonds is 5. The normalized spacial score (nSPS) is 12.3. The zero-order chi connectivity index (χ0) is 13.7. The Morgan fingerprint density at radius 2 is 1.84 bits per heavy atom. The number of aryl methyl sites for hydroxylation is 1. The molecule has 3 heteroatoms. The SMILES string of the molecule is Cc1ccc(O)c(CC(CO)Sc2ccccc2)c1. The van der Waals surface area contributed by atoms with Crippen molar-refractivity contribution >= 4 is 11.8 Å². The van der Waals surface area contributed by atoms with Gasteiger partial charge in [0.1, 0.15) is 5.75 Å². The van der Waals surface area contributed by atoms with Crippen LogP contribution in [0.15, 0.2) is 53.4 Å². The molecular weight excluding hydrogens is 256 g/mol. The van der Waals surface area contributed by atoms with E-state index in [1.165, 1.54) is 0 Å². The molecule has 0 amide bonds. The van der Waals surface area contributed by atoms with Gasteiger partial charge in [-0.3, -0.25) is 0 Å². The number of phenolic OH excluding ortho intramolecular Hbond substituents is 1. The van der Waals surface area contributed by atoms with Crippen LogP contribution < -0.4 is 0 Å². The molecule has 0 spiro atoms. The molecule has 0 aliphatic carbocycles. The van der Waals surface area contributed by atoms with Crippen molar-refractivity contribution in [1.82, 2.24) is 0 Å². The van der Waals surface area contributed by atoms with Crippen molar-refractivity contribution in [3.63, 3.8) is 0 Å². The standard InChI is InChI=1S/C16H18O2S/c1-12-7-8-16(18)13(9-12)10-15(11-17)19-14-5-3-2-4-6-14/h2-9,15,17-18H,10-11H2,1H3. The van der Waals surface area contributed by atoms with E-state index in [1.54, 1.807) is 17.8 Å². The largest absolute Gasteiger partial charge is 0.508 e. The molecule has 2 aromatic carbocycles. The summed E-state index contributed by atoms with van der Waals surface area (Å²) in [5.74, 6) is 0.303. The molecule has 2 N–H and O–H groups in total.